The van der Waals surface area contributed by atoms with E-state index in [2.05, 4.69) is 21.5 Å². The molecule has 96 valence electrons. The van der Waals surface area contributed by atoms with Gasteiger partial charge in [-0.2, -0.15) is 0 Å². The van der Waals surface area contributed by atoms with Crippen molar-refractivity contribution in [1.29, 1.82) is 0 Å². The van der Waals surface area contributed by atoms with Crippen molar-refractivity contribution in [1.82, 2.24) is 10.3 Å². The average molecular weight is 267 g/mol. The fourth-order valence-corrected chi connectivity index (χ4v) is 2.00. The number of terminal acetylenes is 1. The third kappa shape index (κ3) is 4.07. The molecule has 1 aromatic rings. The Bertz CT molecular complexity index is 575. The minimum atomic E-state index is -3.39. The number of aromatic nitrogens is 1. The molecule has 18 heavy (non-hydrogen) atoms. The van der Waals surface area contributed by atoms with Gasteiger partial charge >= 0.3 is 0 Å². The number of carbonyl (C=O) groups excluding carboxylic acids is 1. The summed E-state index contributed by atoms with van der Waals surface area (Å²) in [4.78, 5) is 15.2. The van der Waals surface area contributed by atoms with E-state index in [4.69, 9.17) is 6.42 Å². The largest absolute Gasteiger partial charge is 0.360 e. The number of hydrogen-bond donors (Lipinski definition) is 2. The molecule has 0 aliphatic carbocycles. The van der Waals surface area contributed by atoms with Crippen molar-refractivity contribution < 1.29 is 13.2 Å². The monoisotopic (exact) mass is 267 g/mol. The highest BCUT2D eigenvalue weighted by atomic mass is 32.2. The molecule has 7 heteroatoms. The Morgan fingerprint density at radius 2 is 2.28 bits per heavy atom. The lowest BCUT2D eigenvalue weighted by Gasteiger charge is -2.08. The van der Waals surface area contributed by atoms with Gasteiger partial charge in [0, 0.05) is 12.5 Å². The molecule has 2 N–H and O–H groups in total. The minimum Gasteiger partial charge on any atom is -0.360 e. The van der Waals surface area contributed by atoms with Crippen LogP contribution in [0.5, 0.6) is 0 Å². The van der Waals surface area contributed by atoms with Crippen LogP contribution < -0.4 is 10.6 Å². The third-order valence-corrected chi connectivity index (χ3v) is 3.10. The summed E-state index contributed by atoms with van der Waals surface area (Å²) in [6.45, 7) is 0.0306. The lowest BCUT2D eigenvalue weighted by atomic mass is 10.4. The summed E-state index contributed by atoms with van der Waals surface area (Å²) in [7, 11) is -3.39. The summed E-state index contributed by atoms with van der Waals surface area (Å²) in [5, 5.41) is 5.10. The van der Waals surface area contributed by atoms with Crippen LogP contribution in [-0.4, -0.2) is 38.7 Å². The Morgan fingerprint density at radius 1 is 1.56 bits per heavy atom. The van der Waals surface area contributed by atoms with Crippen LogP contribution in [0.1, 0.15) is 0 Å². The molecular weight excluding hydrogens is 254 g/mol. The average Bonchev–Trinajstić information content (AvgIpc) is 2.33. The van der Waals surface area contributed by atoms with Gasteiger partial charge in [0.05, 0.1) is 13.1 Å². The van der Waals surface area contributed by atoms with E-state index in [0.717, 1.165) is 6.26 Å². The second kappa shape index (κ2) is 6.02. The zero-order chi connectivity index (χ0) is 13.6. The Balaban J connectivity index is 2.75. The molecule has 1 rings (SSSR count). The normalized spacial score (nSPS) is 10.4. The van der Waals surface area contributed by atoms with Gasteiger partial charge in [-0.05, 0) is 12.1 Å². The van der Waals surface area contributed by atoms with Gasteiger partial charge in [-0.1, -0.05) is 5.92 Å². The van der Waals surface area contributed by atoms with Crippen molar-refractivity contribution in [2.24, 2.45) is 0 Å². The second-order valence-electron chi connectivity index (χ2n) is 3.46. The number of anilines is 1. The van der Waals surface area contributed by atoms with Crippen molar-refractivity contribution in [3.8, 4) is 12.3 Å². The van der Waals surface area contributed by atoms with E-state index in [0.29, 0.717) is 0 Å². The number of pyridine rings is 1. The van der Waals surface area contributed by atoms with Crippen molar-refractivity contribution in [2.75, 3.05) is 24.7 Å². The van der Waals surface area contributed by atoms with Gasteiger partial charge in [-0.15, -0.1) is 6.42 Å². The first-order valence-electron chi connectivity index (χ1n) is 5.04. The molecule has 0 bridgehead atoms. The Labute approximate surface area is 106 Å². The molecule has 6 nitrogen and oxygen atoms in total. The molecule has 0 aromatic carbocycles. The van der Waals surface area contributed by atoms with E-state index in [-0.39, 0.29) is 29.7 Å². The quantitative estimate of drug-likeness (QED) is 0.712. The highest BCUT2D eigenvalue weighted by Crippen LogP contribution is 2.16. The lowest BCUT2D eigenvalue weighted by molar-refractivity contribution is -0.119. The van der Waals surface area contributed by atoms with Crippen molar-refractivity contribution >= 4 is 21.6 Å². The molecule has 1 aromatic heterocycles. The molecule has 0 atom stereocenters. The number of nitrogens with zero attached hydrogens (tertiary/aromatic N) is 1. The zero-order valence-electron chi connectivity index (χ0n) is 9.80. The van der Waals surface area contributed by atoms with Crippen LogP contribution in [0.2, 0.25) is 0 Å². The van der Waals surface area contributed by atoms with Crippen LogP contribution in [-0.2, 0) is 14.6 Å². The smallest absolute Gasteiger partial charge is 0.240 e. The maximum atomic E-state index is 11.5. The van der Waals surface area contributed by atoms with E-state index >= 15 is 0 Å². The molecule has 0 aliphatic rings. The van der Waals surface area contributed by atoms with E-state index in [1.165, 1.54) is 18.3 Å². The molecule has 0 unspecified atom stereocenters. The number of amides is 1. The Hall–Kier alpha value is -2.07. The fraction of sp³-hybridized carbons (Fsp3) is 0.273. The number of hydrogen-bond acceptors (Lipinski definition) is 5. The van der Waals surface area contributed by atoms with Crippen LogP contribution >= 0.6 is 0 Å². The van der Waals surface area contributed by atoms with E-state index < -0.39 is 9.84 Å². The molecule has 0 aliphatic heterocycles. The SMILES string of the molecule is C#CCNC(=O)CNc1ncccc1S(C)(=O)=O. The summed E-state index contributed by atoms with van der Waals surface area (Å²) in [5.41, 5.74) is 0. The number of rotatable bonds is 5. The first-order valence-corrected chi connectivity index (χ1v) is 6.93. The maximum absolute atomic E-state index is 11.5. The van der Waals surface area contributed by atoms with Gasteiger partial charge in [0.1, 0.15) is 10.7 Å². The Morgan fingerprint density at radius 3 is 2.89 bits per heavy atom. The highest BCUT2D eigenvalue weighted by molar-refractivity contribution is 7.90. The first kappa shape index (κ1) is 14.0. The minimum absolute atomic E-state index is 0.0507. The molecule has 1 amide bonds. The molecule has 0 saturated heterocycles. The number of nitrogens with one attached hydrogen (secondary N) is 2. The molecule has 1 heterocycles. The third-order valence-electron chi connectivity index (χ3n) is 1.97. The summed E-state index contributed by atoms with van der Waals surface area (Å²) >= 11 is 0. The van der Waals surface area contributed by atoms with Crippen molar-refractivity contribution in [2.45, 2.75) is 4.90 Å². The summed E-state index contributed by atoms with van der Waals surface area (Å²) in [5.74, 6) is 2.07. The first-order chi connectivity index (χ1) is 8.45. The molecule has 0 radical (unpaired) electrons. The van der Waals surface area contributed by atoms with Crippen LogP contribution in [0.15, 0.2) is 23.2 Å². The van der Waals surface area contributed by atoms with Gasteiger partial charge in [-0.25, -0.2) is 13.4 Å². The predicted molar refractivity (Wildman–Crippen MR) is 67.7 cm³/mol. The number of carbonyl (C=O) groups is 1. The van der Waals surface area contributed by atoms with E-state index in [9.17, 15) is 13.2 Å². The van der Waals surface area contributed by atoms with E-state index in [1.54, 1.807) is 0 Å². The van der Waals surface area contributed by atoms with Crippen molar-refractivity contribution in [3.63, 3.8) is 0 Å². The van der Waals surface area contributed by atoms with Crippen LogP contribution in [0.3, 0.4) is 0 Å². The Kier molecular flexibility index (Phi) is 4.68. The molecule has 0 fully saturated rings. The molecular formula is C11H13N3O3S. The molecule has 0 spiro atoms. The van der Waals surface area contributed by atoms with Crippen LogP contribution in [0.25, 0.3) is 0 Å². The van der Waals surface area contributed by atoms with Crippen molar-refractivity contribution in [3.05, 3.63) is 18.3 Å². The van der Waals surface area contributed by atoms with Crippen LogP contribution in [0, 0.1) is 12.3 Å². The van der Waals surface area contributed by atoms with E-state index in [1.807, 2.05) is 0 Å². The topological polar surface area (TPSA) is 88.2 Å². The van der Waals surface area contributed by atoms with Gasteiger partial charge in [0.2, 0.25) is 5.91 Å². The molecule has 0 saturated carbocycles. The summed E-state index contributed by atoms with van der Waals surface area (Å²) < 4.78 is 22.9. The van der Waals surface area contributed by atoms with Gasteiger partial charge in [0.15, 0.2) is 9.84 Å². The maximum Gasteiger partial charge on any atom is 0.240 e. The highest BCUT2D eigenvalue weighted by Gasteiger charge is 2.14. The standard InChI is InChI=1S/C11H13N3O3S/c1-3-6-12-10(15)8-14-11-9(18(2,16)17)5-4-7-13-11/h1,4-5,7H,6,8H2,2H3,(H,12,15)(H,13,14). The fourth-order valence-electron chi connectivity index (χ4n) is 1.20. The van der Waals surface area contributed by atoms with Gasteiger partial charge < -0.3 is 10.6 Å². The number of sulfone groups is 1. The van der Waals surface area contributed by atoms with Gasteiger partial charge in [0.25, 0.3) is 0 Å². The zero-order valence-corrected chi connectivity index (χ0v) is 10.6. The van der Waals surface area contributed by atoms with Gasteiger partial charge in [-0.3, -0.25) is 4.79 Å². The second-order valence-corrected chi connectivity index (χ2v) is 5.44. The summed E-state index contributed by atoms with van der Waals surface area (Å²) in [6.07, 6.45) is 7.51. The van der Waals surface area contributed by atoms with Crippen LogP contribution in [0.4, 0.5) is 5.82 Å². The lowest BCUT2D eigenvalue weighted by Crippen LogP contribution is -2.30. The summed E-state index contributed by atoms with van der Waals surface area (Å²) in [6, 6.07) is 2.93. The predicted octanol–water partition coefficient (Wildman–Crippen LogP) is -0.354.